The van der Waals surface area contributed by atoms with Gasteiger partial charge in [-0.15, -0.1) is 11.3 Å². The van der Waals surface area contributed by atoms with Crippen LogP contribution >= 0.6 is 11.3 Å². The van der Waals surface area contributed by atoms with E-state index in [1.165, 1.54) is 0 Å². The van der Waals surface area contributed by atoms with Crippen molar-refractivity contribution in [3.05, 3.63) is 95.4 Å². The molecule has 1 aliphatic rings. The van der Waals surface area contributed by atoms with Crippen LogP contribution in [-0.4, -0.2) is 34.2 Å². The molecule has 0 saturated heterocycles. The van der Waals surface area contributed by atoms with E-state index >= 15 is 0 Å². The van der Waals surface area contributed by atoms with Gasteiger partial charge in [0.2, 0.25) is 5.91 Å². The molecule has 6 nitrogen and oxygen atoms in total. The topological polar surface area (TPSA) is 79.4 Å². The van der Waals surface area contributed by atoms with Gasteiger partial charge in [-0.25, -0.2) is 4.98 Å². The van der Waals surface area contributed by atoms with Crippen molar-refractivity contribution in [3.63, 3.8) is 0 Å². The summed E-state index contributed by atoms with van der Waals surface area (Å²) in [5, 5.41) is 5.79. The standard InChI is InChI=1S/C26H19N3O3S/c30-23(14-15-29-25(31)20-8-4-5-9-21(20)26(29)32)27-19-12-10-17(11-13-19)22-16-33-24(28-22)18-6-2-1-3-7-18/h1-13,16H,14-15H2,(H,27,30). The molecule has 3 aromatic carbocycles. The molecule has 0 saturated carbocycles. The SMILES string of the molecule is O=C(CCN1C(=O)c2ccccc2C1=O)Nc1ccc(-c2csc(-c3ccccc3)n2)cc1. The highest BCUT2D eigenvalue weighted by Gasteiger charge is 2.34. The molecular formula is C26H19N3O3S. The Hall–Kier alpha value is -4.10. The average molecular weight is 454 g/mol. The third-order valence-corrected chi connectivity index (χ3v) is 6.32. The van der Waals surface area contributed by atoms with Crippen LogP contribution < -0.4 is 5.32 Å². The number of aromatic nitrogens is 1. The highest BCUT2D eigenvalue weighted by molar-refractivity contribution is 7.13. The number of rotatable bonds is 6. The molecule has 2 heterocycles. The van der Waals surface area contributed by atoms with Crippen molar-refractivity contribution in [2.75, 3.05) is 11.9 Å². The van der Waals surface area contributed by atoms with Crippen LogP contribution in [0.4, 0.5) is 5.69 Å². The predicted octanol–water partition coefficient (Wildman–Crippen LogP) is 5.10. The van der Waals surface area contributed by atoms with Gasteiger partial charge in [0.25, 0.3) is 11.8 Å². The molecule has 0 spiro atoms. The summed E-state index contributed by atoms with van der Waals surface area (Å²) in [4.78, 5) is 43.1. The summed E-state index contributed by atoms with van der Waals surface area (Å²) in [7, 11) is 0. The highest BCUT2D eigenvalue weighted by Crippen LogP contribution is 2.29. The monoisotopic (exact) mass is 453 g/mol. The van der Waals surface area contributed by atoms with E-state index in [0.29, 0.717) is 16.8 Å². The van der Waals surface area contributed by atoms with Crippen molar-refractivity contribution in [1.29, 1.82) is 0 Å². The first-order chi connectivity index (χ1) is 16.1. The number of hydrogen-bond donors (Lipinski definition) is 1. The van der Waals surface area contributed by atoms with Crippen molar-refractivity contribution in [2.45, 2.75) is 6.42 Å². The Morgan fingerprint density at radius 2 is 1.45 bits per heavy atom. The first-order valence-electron chi connectivity index (χ1n) is 10.5. The fourth-order valence-corrected chi connectivity index (χ4v) is 4.56. The lowest BCUT2D eigenvalue weighted by Gasteiger charge is -2.13. The van der Waals surface area contributed by atoms with Gasteiger partial charge in [-0.05, 0) is 24.3 Å². The zero-order valence-electron chi connectivity index (χ0n) is 17.5. The molecule has 1 aromatic heterocycles. The average Bonchev–Trinajstić information content (AvgIpc) is 3.43. The summed E-state index contributed by atoms with van der Waals surface area (Å²) >= 11 is 1.59. The summed E-state index contributed by atoms with van der Waals surface area (Å²) in [6.45, 7) is 0.0390. The zero-order valence-corrected chi connectivity index (χ0v) is 18.3. The van der Waals surface area contributed by atoms with E-state index in [2.05, 4.69) is 5.32 Å². The molecule has 0 atom stereocenters. The highest BCUT2D eigenvalue weighted by atomic mass is 32.1. The summed E-state index contributed by atoms with van der Waals surface area (Å²) in [6.07, 6.45) is 0.0275. The Kier molecular flexibility index (Phi) is 5.54. The van der Waals surface area contributed by atoms with Gasteiger partial charge < -0.3 is 5.32 Å². The summed E-state index contributed by atoms with van der Waals surface area (Å²) < 4.78 is 0. The molecule has 0 fully saturated rings. The van der Waals surface area contributed by atoms with Crippen LogP contribution in [0.5, 0.6) is 0 Å². The number of amides is 3. The number of nitrogens with one attached hydrogen (secondary N) is 1. The number of fused-ring (bicyclic) bond motifs is 1. The van der Waals surface area contributed by atoms with Crippen LogP contribution in [0.1, 0.15) is 27.1 Å². The van der Waals surface area contributed by atoms with E-state index in [9.17, 15) is 14.4 Å². The number of carbonyl (C=O) groups excluding carboxylic acids is 3. The molecule has 1 N–H and O–H groups in total. The molecule has 5 rings (SSSR count). The van der Waals surface area contributed by atoms with E-state index in [0.717, 1.165) is 26.7 Å². The van der Waals surface area contributed by atoms with Gasteiger partial charge in [-0.3, -0.25) is 19.3 Å². The largest absolute Gasteiger partial charge is 0.326 e. The molecule has 162 valence electrons. The fourth-order valence-electron chi connectivity index (χ4n) is 3.72. The number of nitrogens with zero attached hydrogens (tertiary/aromatic N) is 2. The normalized spacial score (nSPS) is 12.7. The minimum Gasteiger partial charge on any atom is -0.326 e. The molecule has 3 amide bonds. The third kappa shape index (κ3) is 4.18. The molecule has 0 aliphatic carbocycles. The van der Waals surface area contributed by atoms with Crippen LogP contribution in [-0.2, 0) is 4.79 Å². The minimum atomic E-state index is -0.356. The van der Waals surface area contributed by atoms with Crippen molar-refractivity contribution in [1.82, 2.24) is 9.88 Å². The van der Waals surface area contributed by atoms with Gasteiger partial charge in [-0.1, -0.05) is 54.6 Å². The lowest BCUT2D eigenvalue weighted by atomic mass is 10.1. The van der Waals surface area contributed by atoms with E-state index in [1.807, 2.05) is 60.0 Å². The maximum absolute atomic E-state index is 12.4. The Balaban J connectivity index is 1.19. The quantitative estimate of drug-likeness (QED) is 0.412. The second kappa shape index (κ2) is 8.80. The second-order valence-electron chi connectivity index (χ2n) is 7.59. The summed E-state index contributed by atoms with van der Waals surface area (Å²) in [6, 6.07) is 24.2. The maximum Gasteiger partial charge on any atom is 0.261 e. The van der Waals surface area contributed by atoms with Crippen LogP contribution in [0.3, 0.4) is 0 Å². The Morgan fingerprint density at radius 1 is 0.818 bits per heavy atom. The van der Waals surface area contributed by atoms with Crippen molar-refractivity contribution < 1.29 is 14.4 Å². The van der Waals surface area contributed by atoms with Gasteiger partial charge >= 0.3 is 0 Å². The van der Waals surface area contributed by atoms with E-state index in [4.69, 9.17) is 4.98 Å². The molecule has 0 unspecified atom stereocenters. The first-order valence-corrected chi connectivity index (χ1v) is 11.3. The third-order valence-electron chi connectivity index (χ3n) is 5.43. The molecule has 1 aliphatic heterocycles. The van der Waals surface area contributed by atoms with Gasteiger partial charge in [-0.2, -0.15) is 0 Å². The van der Waals surface area contributed by atoms with E-state index < -0.39 is 0 Å². The first kappa shape index (κ1) is 20.8. The number of thiazole rings is 1. The molecule has 7 heteroatoms. The van der Waals surface area contributed by atoms with Gasteiger partial charge in [0.15, 0.2) is 0 Å². The maximum atomic E-state index is 12.4. The van der Waals surface area contributed by atoms with Crippen LogP contribution in [0, 0.1) is 0 Å². The number of hydrogen-bond acceptors (Lipinski definition) is 5. The summed E-state index contributed by atoms with van der Waals surface area (Å²) in [5.74, 6) is -0.976. The van der Waals surface area contributed by atoms with Crippen molar-refractivity contribution in [2.24, 2.45) is 0 Å². The molecule has 0 bridgehead atoms. The summed E-state index contributed by atoms with van der Waals surface area (Å²) in [5.41, 5.74) is 4.33. The van der Waals surface area contributed by atoms with Crippen molar-refractivity contribution >= 4 is 34.7 Å². The van der Waals surface area contributed by atoms with E-state index in [1.54, 1.807) is 35.6 Å². The number of benzene rings is 3. The predicted molar refractivity (Wildman–Crippen MR) is 128 cm³/mol. The Bertz CT molecular complexity index is 1310. The lowest BCUT2D eigenvalue weighted by Crippen LogP contribution is -2.32. The number of anilines is 1. The molecule has 4 aromatic rings. The second-order valence-corrected chi connectivity index (χ2v) is 8.45. The van der Waals surface area contributed by atoms with Gasteiger partial charge in [0, 0.05) is 35.2 Å². The Morgan fingerprint density at radius 3 is 2.12 bits per heavy atom. The number of imide groups is 1. The smallest absolute Gasteiger partial charge is 0.261 e. The molecule has 0 radical (unpaired) electrons. The van der Waals surface area contributed by atoms with Gasteiger partial charge in [0.1, 0.15) is 5.01 Å². The fraction of sp³-hybridized carbons (Fsp3) is 0.0769. The van der Waals surface area contributed by atoms with Crippen LogP contribution in [0.2, 0.25) is 0 Å². The van der Waals surface area contributed by atoms with E-state index in [-0.39, 0.29) is 30.7 Å². The van der Waals surface area contributed by atoms with Crippen LogP contribution in [0.25, 0.3) is 21.8 Å². The van der Waals surface area contributed by atoms with Crippen molar-refractivity contribution in [3.8, 4) is 21.8 Å². The minimum absolute atomic E-state index is 0.0275. The molecule has 33 heavy (non-hydrogen) atoms. The Labute approximate surface area is 194 Å². The van der Waals surface area contributed by atoms with Crippen LogP contribution in [0.15, 0.2) is 84.2 Å². The number of carbonyl (C=O) groups is 3. The molecular weight excluding hydrogens is 434 g/mol. The zero-order chi connectivity index (χ0) is 22.8. The van der Waals surface area contributed by atoms with Gasteiger partial charge in [0.05, 0.1) is 16.8 Å². The lowest BCUT2D eigenvalue weighted by molar-refractivity contribution is -0.116.